The molecule has 1 saturated heterocycles. The molecule has 2 nitrogen and oxygen atoms in total. The Morgan fingerprint density at radius 1 is 1.36 bits per heavy atom. The Kier molecular flexibility index (Phi) is 2.52. The average Bonchev–Trinajstić information content (AvgIpc) is 2.47. The molecule has 1 spiro atoms. The summed E-state index contributed by atoms with van der Waals surface area (Å²) in [5, 5.41) is 0. The maximum absolute atomic E-state index is 13.0. The van der Waals surface area contributed by atoms with Gasteiger partial charge in [-0.2, -0.15) is 0 Å². The summed E-state index contributed by atoms with van der Waals surface area (Å²) < 4.78 is 31.6. The van der Waals surface area contributed by atoms with Crippen LogP contribution in [0.3, 0.4) is 0 Å². The Morgan fingerprint density at radius 2 is 2.07 bits per heavy atom. The topological polar surface area (TPSA) is 35.2 Å². The summed E-state index contributed by atoms with van der Waals surface area (Å²) in [5.74, 6) is -2.75. The Hall–Kier alpha value is -0.220. The van der Waals surface area contributed by atoms with Gasteiger partial charge in [-0.15, -0.1) is 0 Å². The van der Waals surface area contributed by atoms with E-state index in [-0.39, 0.29) is 18.1 Å². The Balaban J connectivity index is 1.84. The second kappa shape index (κ2) is 3.42. The molecule has 4 heteroatoms. The van der Waals surface area contributed by atoms with Gasteiger partial charge in [0.1, 0.15) is 0 Å². The molecule has 0 aromatic rings. The molecule has 0 aromatic heterocycles. The molecule has 0 radical (unpaired) electrons. The molecule has 2 rings (SSSR count). The lowest BCUT2D eigenvalue weighted by molar-refractivity contribution is -0.119. The third kappa shape index (κ3) is 1.91. The van der Waals surface area contributed by atoms with Crippen molar-refractivity contribution in [1.82, 2.24) is 0 Å². The SMILES string of the molecule is NCC(F)(F)CC1CCC2(CCC2)O1. The van der Waals surface area contributed by atoms with Crippen molar-refractivity contribution >= 4 is 0 Å². The number of alkyl halides is 2. The molecule has 0 bridgehead atoms. The van der Waals surface area contributed by atoms with Crippen LogP contribution >= 0.6 is 0 Å². The Morgan fingerprint density at radius 3 is 2.50 bits per heavy atom. The number of nitrogens with two attached hydrogens (primary N) is 1. The molecular weight excluding hydrogens is 188 g/mol. The van der Waals surface area contributed by atoms with Gasteiger partial charge in [-0.05, 0) is 32.1 Å². The van der Waals surface area contributed by atoms with Gasteiger partial charge in [0.2, 0.25) is 0 Å². The monoisotopic (exact) mass is 205 g/mol. The van der Waals surface area contributed by atoms with Crippen LogP contribution in [0.5, 0.6) is 0 Å². The van der Waals surface area contributed by atoms with Gasteiger partial charge in [0, 0.05) is 6.42 Å². The third-order valence-electron chi connectivity index (χ3n) is 3.43. The fraction of sp³-hybridized carbons (Fsp3) is 1.00. The summed E-state index contributed by atoms with van der Waals surface area (Å²) in [6.45, 7) is -0.570. The van der Waals surface area contributed by atoms with Gasteiger partial charge in [-0.3, -0.25) is 0 Å². The van der Waals surface area contributed by atoms with E-state index in [2.05, 4.69) is 0 Å². The number of rotatable bonds is 3. The number of ether oxygens (including phenoxy) is 1. The lowest BCUT2D eigenvalue weighted by Gasteiger charge is -2.38. The molecule has 1 aliphatic carbocycles. The van der Waals surface area contributed by atoms with Crippen LogP contribution in [0.4, 0.5) is 8.78 Å². The minimum Gasteiger partial charge on any atom is -0.372 e. The first-order chi connectivity index (χ1) is 6.55. The number of hydrogen-bond donors (Lipinski definition) is 1. The molecule has 1 unspecified atom stereocenters. The smallest absolute Gasteiger partial charge is 0.262 e. The van der Waals surface area contributed by atoms with Crippen molar-refractivity contribution < 1.29 is 13.5 Å². The zero-order valence-corrected chi connectivity index (χ0v) is 8.27. The minimum atomic E-state index is -2.75. The highest BCUT2D eigenvalue weighted by Crippen LogP contribution is 2.47. The van der Waals surface area contributed by atoms with Crippen LogP contribution in [0.25, 0.3) is 0 Å². The predicted molar refractivity (Wildman–Crippen MR) is 49.3 cm³/mol. The van der Waals surface area contributed by atoms with Crippen molar-refractivity contribution in [2.24, 2.45) is 5.73 Å². The fourth-order valence-corrected chi connectivity index (χ4v) is 2.39. The average molecular weight is 205 g/mol. The van der Waals surface area contributed by atoms with Crippen LogP contribution in [0, 0.1) is 0 Å². The van der Waals surface area contributed by atoms with Crippen molar-refractivity contribution in [1.29, 1.82) is 0 Å². The summed E-state index contributed by atoms with van der Waals surface area (Å²) in [4.78, 5) is 0. The summed E-state index contributed by atoms with van der Waals surface area (Å²) in [7, 11) is 0. The van der Waals surface area contributed by atoms with E-state index in [0.29, 0.717) is 0 Å². The van der Waals surface area contributed by atoms with Crippen LogP contribution in [0.15, 0.2) is 0 Å². The minimum absolute atomic E-state index is 0.0185. The van der Waals surface area contributed by atoms with Gasteiger partial charge in [0.25, 0.3) is 5.92 Å². The quantitative estimate of drug-likeness (QED) is 0.765. The van der Waals surface area contributed by atoms with E-state index < -0.39 is 12.5 Å². The van der Waals surface area contributed by atoms with Crippen molar-refractivity contribution in [2.45, 2.75) is 56.2 Å². The van der Waals surface area contributed by atoms with Crippen molar-refractivity contribution in [3.63, 3.8) is 0 Å². The van der Waals surface area contributed by atoms with Gasteiger partial charge in [-0.1, -0.05) is 0 Å². The van der Waals surface area contributed by atoms with Gasteiger partial charge in [0.15, 0.2) is 0 Å². The molecule has 0 amide bonds. The maximum Gasteiger partial charge on any atom is 0.262 e. The van der Waals surface area contributed by atoms with E-state index >= 15 is 0 Å². The van der Waals surface area contributed by atoms with Crippen LogP contribution in [0.2, 0.25) is 0 Å². The molecule has 82 valence electrons. The van der Waals surface area contributed by atoms with E-state index in [1.54, 1.807) is 0 Å². The highest BCUT2D eigenvalue weighted by molar-refractivity contribution is 4.96. The predicted octanol–water partition coefficient (Wildman–Crippen LogP) is 2.07. The highest BCUT2D eigenvalue weighted by Gasteiger charge is 2.46. The molecule has 2 fully saturated rings. The van der Waals surface area contributed by atoms with E-state index in [4.69, 9.17) is 10.5 Å². The molecule has 1 aliphatic heterocycles. The van der Waals surface area contributed by atoms with Gasteiger partial charge in [-0.25, -0.2) is 8.78 Å². The third-order valence-corrected chi connectivity index (χ3v) is 3.43. The van der Waals surface area contributed by atoms with Crippen molar-refractivity contribution in [3.05, 3.63) is 0 Å². The summed E-state index contributed by atoms with van der Waals surface area (Å²) in [6.07, 6.45) is 4.54. The molecule has 14 heavy (non-hydrogen) atoms. The first-order valence-electron chi connectivity index (χ1n) is 5.31. The standard InChI is InChI=1S/C10H17F2NO/c11-10(12,7-13)6-8-2-5-9(14-8)3-1-4-9/h8H,1-7,13H2. The molecule has 0 aromatic carbocycles. The maximum atomic E-state index is 13.0. The second-order valence-corrected chi connectivity index (χ2v) is 4.58. The molecule has 2 N–H and O–H groups in total. The first kappa shape index (κ1) is 10.3. The molecule has 1 saturated carbocycles. The molecule has 1 heterocycles. The summed E-state index contributed by atoms with van der Waals surface area (Å²) >= 11 is 0. The highest BCUT2D eigenvalue weighted by atomic mass is 19.3. The van der Waals surface area contributed by atoms with E-state index in [0.717, 1.165) is 25.7 Å². The van der Waals surface area contributed by atoms with E-state index in [1.807, 2.05) is 0 Å². The number of hydrogen-bond acceptors (Lipinski definition) is 2. The van der Waals surface area contributed by atoms with Crippen LogP contribution in [-0.2, 0) is 4.74 Å². The van der Waals surface area contributed by atoms with Gasteiger partial charge >= 0.3 is 0 Å². The van der Waals surface area contributed by atoms with Crippen molar-refractivity contribution in [2.75, 3.05) is 6.54 Å². The van der Waals surface area contributed by atoms with E-state index in [9.17, 15) is 8.78 Å². The zero-order valence-electron chi connectivity index (χ0n) is 8.27. The summed E-state index contributed by atoms with van der Waals surface area (Å²) in [5.41, 5.74) is 4.97. The summed E-state index contributed by atoms with van der Waals surface area (Å²) in [6, 6.07) is 0. The molecule has 2 aliphatic rings. The second-order valence-electron chi connectivity index (χ2n) is 4.58. The Labute approximate surface area is 82.8 Å². The van der Waals surface area contributed by atoms with Gasteiger partial charge in [0.05, 0.1) is 18.2 Å². The fourth-order valence-electron chi connectivity index (χ4n) is 2.39. The largest absolute Gasteiger partial charge is 0.372 e. The van der Waals surface area contributed by atoms with E-state index in [1.165, 1.54) is 6.42 Å². The van der Waals surface area contributed by atoms with Crippen molar-refractivity contribution in [3.8, 4) is 0 Å². The van der Waals surface area contributed by atoms with Crippen LogP contribution in [-0.4, -0.2) is 24.2 Å². The molecule has 1 atom stereocenters. The lowest BCUT2D eigenvalue weighted by atomic mass is 9.78. The normalized spacial score (nSPS) is 30.6. The number of halogens is 2. The molecular formula is C10H17F2NO. The van der Waals surface area contributed by atoms with Crippen LogP contribution in [0.1, 0.15) is 38.5 Å². The van der Waals surface area contributed by atoms with Crippen LogP contribution < -0.4 is 5.73 Å². The zero-order chi connectivity index (χ0) is 10.2. The Bertz CT molecular complexity index is 216. The first-order valence-corrected chi connectivity index (χ1v) is 5.31. The van der Waals surface area contributed by atoms with Gasteiger partial charge < -0.3 is 10.5 Å². The lowest BCUT2D eigenvalue weighted by Crippen LogP contribution is -2.38.